The Hall–Kier alpha value is -2.51. The van der Waals surface area contributed by atoms with Crippen molar-refractivity contribution in [1.29, 1.82) is 0 Å². The number of hydrogen-bond acceptors (Lipinski definition) is 6. The number of piperidine rings is 1. The van der Waals surface area contributed by atoms with Crippen LogP contribution in [-0.4, -0.2) is 47.2 Å². The zero-order valence-electron chi connectivity index (χ0n) is 17.3. The number of amides is 1. The van der Waals surface area contributed by atoms with Gasteiger partial charge in [0.2, 0.25) is 11.8 Å². The average molecular weight is 425 g/mol. The summed E-state index contributed by atoms with van der Waals surface area (Å²) in [4.78, 5) is 16.8. The van der Waals surface area contributed by atoms with Crippen LogP contribution in [0.2, 0.25) is 0 Å². The number of likely N-dealkylation sites (tertiary alicyclic amines) is 1. The van der Waals surface area contributed by atoms with Crippen molar-refractivity contribution in [2.75, 3.05) is 26.2 Å². The molecule has 1 aliphatic rings. The molecule has 1 N–H and O–H groups in total. The molecule has 158 valence electrons. The van der Waals surface area contributed by atoms with Gasteiger partial charge < -0.3 is 14.6 Å². The molecule has 1 aliphatic heterocycles. The normalized spacial score (nSPS) is 15.4. The Bertz CT molecular complexity index is 945. The van der Waals surface area contributed by atoms with Gasteiger partial charge in [-0.1, -0.05) is 30.3 Å². The summed E-state index contributed by atoms with van der Waals surface area (Å²) in [7, 11) is 0. The Morgan fingerprint density at radius 2 is 1.97 bits per heavy atom. The van der Waals surface area contributed by atoms with Crippen molar-refractivity contribution in [2.45, 2.75) is 38.5 Å². The van der Waals surface area contributed by atoms with Gasteiger partial charge in [-0.3, -0.25) is 4.79 Å². The number of thiophene rings is 1. The molecule has 0 unspecified atom stereocenters. The van der Waals surface area contributed by atoms with Crippen molar-refractivity contribution in [3.05, 3.63) is 58.8 Å². The zero-order chi connectivity index (χ0) is 20.8. The van der Waals surface area contributed by atoms with Crippen molar-refractivity contribution in [2.24, 2.45) is 0 Å². The largest absolute Gasteiger partial charge is 0.420 e. The molecule has 0 radical (unpaired) electrons. The van der Waals surface area contributed by atoms with E-state index in [2.05, 4.69) is 50.7 Å². The van der Waals surface area contributed by atoms with Crippen LogP contribution in [0.25, 0.3) is 10.8 Å². The molecule has 0 atom stereocenters. The number of carbonyl (C=O) groups is 1. The molecule has 0 spiro atoms. The van der Waals surface area contributed by atoms with Gasteiger partial charge in [0, 0.05) is 30.8 Å². The molecule has 30 heavy (non-hydrogen) atoms. The molecule has 0 saturated carbocycles. The molecule has 7 heteroatoms. The van der Waals surface area contributed by atoms with Crippen LogP contribution in [0.5, 0.6) is 0 Å². The van der Waals surface area contributed by atoms with Crippen LogP contribution >= 0.6 is 11.3 Å². The lowest BCUT2D eigenvalue weighted by Crippen LogP contribution is -2.39. The highest BCUT2D eigenvalue weighted by molar-refractivity contribution is 7.15. The monoisotopic (exact) mass is 424 g/mol. The molecule has 0 bridgehead atoms. The number of hydrogen-bond donors (Lipinski definition) is 1. The van der Waals surface area contributed by atoms with Gasteiger partial charge in [-0.2, -0.15) is 0 Å². The minimum Gasteiger partial charge on any atom is -0.420 e. The summed E-state index contributed by atoms with van der Waals surface area (Å²) in [6.45, 7) is 5.79. The molecular weight excluding hydrogens is 396 g/mol. The maximum Gasteiger partial charge on any atom is 0.257 e. The van der Waals surface area contributed by atoms with E-state index in [0.29, 0.717) is 37.1 Å². The fourth-order valence-electron chi connectivity index (χ4n) is 3.88. The second-order valence-electron chi connectivity index (χ2n) is 7.79. The van der Waals surface area contributed by atoms with Crippen LogP contribution in [0.15, 0.2) is 46.9 Å². The van der Waals surface area contributed by atoms with Gasteiger partial charge in [-0.05, 0) is 56.5 Å². The van der Waals surface area contributed by atoms with Gasteiger partial charge in [0.25, 0.3) is 5.89 Å². The SMILES string of the molecule is Cc1ccc(-c2nnc(CCC(=O)NCCN3CCC(c4ccccc4)CC3)o2)s1. The van der Waals surface area contributed by atoms with Gasteiger partial charge in [-0.15, -0.1) is 21.5 Å². The Kier molecular flexibility index (Phi) is 6.92. The number of nitrogens with zero attached hydrogens (tertiary/aromatic N) is 3. The smallest absolute Gasteiger partial charge is 0.257 e. The molecule has 1 fully saturated rings. The summed E-state index contributed by atoms with van der Waals surface area (Å²) < 4.78 is 5.68. The Balaban J connectivity index is 1.13. The molecule has 4 rings (SSSR count). The summed E-state index contributed by atoms with van der Waals surface area (Å²) in [5.41, 5.74) is 1.45. The van der Waals surface area contributed by atoms with E-state index in [4.69, 9.17) is 4.42 Å². The highest BCUT2D eigenvalue weighted by atomic mass is 32.1. The highest BCUT2D eigenvalue weighted by Crippen LogP contribution is 2.28. The van der Waals surface area contributed by atoms with Crippen molar-refractivity contribution >= 4 is 17.2 Å². The number of rotatable bonds is 8. The summed E-state index contributed by atoms with van der Waals surface area (Å²) in [6, 6.07) is 14.8. The minimum absolute atomic E-state index is 0.0286. The molecule has 0 aliphatic carbocycles. The lowest BCUT2D eigenvalue weighted by molar-refractivity contribution is -0.121. The zero-order valence-corrected chi connectivity index (χ0v) is 18.2. The molecule has 2 aromatic heterocycles. The second kappa shape index (κ2) is 10.00. The van der Waals surface area contributed by atoms with Crippen molar-refractivity contribution in [3.63, 3.8) is 0 Å². The third-order valence-corrected chi connectivity index (χ3v) is 6.58. The molecule has 3 aromatic rings. The first-order valence-corrected chi connectivity index (χ1v) is 11.4. The number of aryl methyl sites for hydroxylation is 2. The second-order valence-corrected chi connectivity index (χ2v) is 9.08. The fourth-order valence-corrected chi connectivity index (χ4v) is 4.67. The topological polar surface area (TPSA) is 71.3 Å². The molecule has 1 saturated heterocycles. The summed E-state index contributed by atoms with van der Waals surface area (Å²) in [5, 5.41) is 11.2. The van der Waals surface area contributed by atoms with Crippen LogP contribution in [0.4, 0.5) is 0 Å². The maximum atomic E-state index is 12.2. The van der Waals surface area contributed by atoms with Crippen LogP contribution in [0.3, 0.4) is 0 Å². The number of carbonyl (C=O) groups excluding carboxylic acids is 1. The fraction of sp³-hybridized carbons (Fsp3) is 0.435. The van der Waals surface area contributed by atoms with Crippen molar-refractivity contribution in [1.82, 2.24) is 20.4 Å². The predicted molar refractivity (Wildman–Crippen MR) is 119 cm³/mol. The van der Waals surface area contributed by atoms with Gasteiger partial charge >= 0.3 is 0 Å². The van der Waals surface area contributed by atoms with Gasteiger partial charge in [0.1, 0.15) is 0 Å². The van der Waals surface area contributed by atoms with E-state index in [-0.39, 0.29) is 5.91 Å². The molecule has 3 heterocycles. The number of benzene rings is 1. The number of nitrogens with one attached hydrogen (secondary N) is 1. The van der Waals surface area contributed by atoms with Crippen LogP contribution in [0.1, 0.15) is 41.5 Å². The van der Waals surface area contributed by atoms with E-state index in [1.807, 2.05) is 19.1 Å². The Labute approximate surface area is 181 Å². The van der Waals surface area contributed by atoms with Gasteiger partial charge in [0.05, 0.1) is 4.88 Å². The van der Waals surface area contributed by atoms with E-state index in [9.17, 15) is 4.79 Å². The third-order valence-electron chi connectivity index (χ3n) is 5.59. The van der Waals surface area contributed by atoms with Crippen LogP contribution in [0, 0.1) is 6.92 Å². The predicted octanol–water partition coefficient (Wildman–Crippen LogP) is 4.03. The summed E-state index contributed by atoms with van der Waals surface area (Å²) >= 11 is 1.62. The lowest BCUT2D eigenvalue weighted by atomic mass is 9.89. The van der Waals surface area contributed by atoms with Crippen molar-refractivity contribution in [3.8, 4) is 10.8 Å². The van der Waals surface area contributed by atoms with Gasteiger partial charge in [-0.25, -0.2) is 0 Å². The van der Waals surface area contributed by atoms with E-state index >= 15 is 0 Å². The lowest BCUT2D eigenvalue weighted by Gasteiger charge is -2.32. The standard InChI is InChI=1S/C23H28N4O2S/c1-17-7-8-20(30-17)23-26-25-22(29-23)10-9-21(28)24-13-16-27-14-11-19(12-15-27)18-5-3-2-4-6-18/h2-8,19H,9-16H2,1H3,(H,24,28). The van der Waals surface area contributed by atoms with Crippen LogP contribution < -0.4 is 5.32 Å². The van der Waals surface area contributed by atoms with Gasteiger partial charge in [0.15, 0.2) is 0 Å². The molecule has 1 amide bonds. The maximum absolute atomic E-state index is 12.2. The average Bonchev–Trinajstić information content (AvgIpc) is 3.42. The Morgan fingerprint density at radius 1 is 1.17 bits per heavy atom. The summed E-state index contributed by atoms with van der Waals surface area (Å²) in [5.74, 6) is 1.73. The first-order valence-electron chi connectivity index (χ1n) is 10.6. The first-order chi connectivity index (χ1) is 14.7. The highest BCUT2D eigenvalue weighted by Gasteiger charge is 2.20. The molecule has 6 nitrogen and oxygen atoms in total. The summed E-state index contributed by atoms with van der Waals surface area (Å²) in [6.07, 6.45) is 3.19. The first kappa shape index (κ1) is 20.8. The minimum atomic E-state index is 0.0286. The van der Waals surface area contributed by atoms with E-state index in [1.165, 1.54) is 23.3 Å². The number of aromatic nitrogens is 2. The quantitative estimate of drug-likeness (QED) is 0.591. The molecule has 1 aromatic carbocycles. The van der Waals surface area contributed by atoms with E-state index in [1.54, 1.807) is 11.3 Å². The van der Waals surface area contributed by atoms with E-state index in [0.717, 1.165) is 24.5 Å². The molecular formula is C23H28N4O2S. The third kappa shape index (κ3) is 5.55. The van der Waals surface area contributed by atoms with Crippen LogP contribution in [-0.2, 0) is 11.2 Å². The van der Waals surface area contributed by atoms with E-state index < -0.39 is 0 Å². The van der Waals surface area contributed by atoms with Crippen molar-refractivity contribution < 1.29 is 9.21 Å². The Morgan fingerprint density at radius 3 is 2.70 bits per heavy atom.